The molecule has 7 heteroatoms. The molecule has 0 spiro atoms. The highest BCUT2D eigenvalue weighted by atomic mass is 16.5. The highest BCUT2D eigenvalue weighted by Crippen LogP contribution is 2.24. The Morgan fingerprint density at radius 1 is 1.10 bits per heavy atom. The van der Waals surface area contributed by atoms with Crippen molar-refractivity contribution < 1.29 is 23.9 Å². The van der Waals surface area contributed by atoms with Crippen LogP contribution in [0.5, 0.6) is 5.75 Å². The van der Waals surface area contributed by atoms with Crippen molar-refractivity contribution in [1.29, 1.82) is 0 Å². The number of amides is 1. The third-order valence-electron chi connectivity index (χ3n) is 5.06. The van der Waals surface area contributed by atoms with Crippen molar-refractivity contribution in [3.05, 3.63) is 52.3 Å². The molecule has 0 unspecified atom stereocenters. The summed E-state index contributed by atoms with van der Waals surface area (Å²) in [7, 11) is 2.83. The number of carbonyl (C=O) groups is 3. The van der Waals surface area contributed by atoms with E-state index in [1.165, 1.54) is 14.2 Å². The molecular weight excluding hydrogens is 384 g/mol. The van der Waals surface area contributed by atoms with Gasteiger partial charge in [0.1, 0.15) is 11.4 Å². The summed E-state index contributed by atoms with van der Waals surface area (Å²) in [6.45, 7) is 9.54. The second-order valence-electron chi connectivity index (χ2n) is 7.74. The maximum Gasteiger partial charge on any atom is 0.354 e. The minimum atomic E-state index is -0.718. The zero-order valence-electron chi connectivity index (χ0n) is 18.7. The van der Waals surface area contributed by atoms with Crippen molar-refractivity contribution in [2.45, 2.75) is 40.7 Å². The quantitative estimate of drug-likeness (QED) is 0.524. The van der Waals surface area contributed by atoms with Crippen LogP contribution >= 0.6 is 0 Å². The minimum Gasteiger partial charge on any atom is -0.497 e. The summed E-state index contributed by atoms with van der Waals surface area (Å²) in [6, 6.07) is 6.16. The molecule has 1 aromatic heterocycles. The first-order chi connectivity index (χ1) is 14.1. The van der Waals surface area contributed by atoms with Gasteiger partial charge in [-0.1, -0.05) is 19.9 Å². The first-order valence-electron chi connectivity index (χ1n) is 9.89. The van der Waals surface area contributed by atoms with Crippen molar-refractivity contribution in [3.8, 4) is 5.75 Å². The molecule has 0 radical (unpaired) electrons. The second kappa shape index (κ2) is 9.61. The summed E-state index contributed by atoms with van der Waals surface area (Å²) >= 11 is 0. The molecule has 2 rings (SSSR count). The van der Waals surface area contributed by atoms with Gasteiger partial charge in [0.05, 0.1) is 20.3 Å². The van der Waals surface area contributed by atoms with E-state index in [9.17, 15) is 14.4 Å². The standard InChI is InChI=1S/C23H30N2O5/c1-13(2)12-25(22(27)17-9-8-10-18(11-17)29-6)16(5)21(26)19-14(3)20(23(28)30-7)24-15(19)4/h8-11,13,16,24H,12H2,1-7H3/t16-/m0/s1. The number of benzene rings is 1. The predicted octanol–water partition coefficient (Wildman–Crippen LogP) is 3.80. The van der Waals surface area contributed by atoms with Gasteiger partial charge < -0.3 is 19.4 Å². The molecule has 2 aromatic rings. The Morgan fingerprint density at radius 2 is 1.77 bits per heavy atom. The van der Waals surface area contributed by atoms with E-state index < -0.39 is 12.0 Å². The number of Topliss-reactive ketones (excluding diaryl/α,β-unsaturated/α-hetero) is 1. The fraction of sp³-hybridized carbons (Fsp3) is 0.435. The summed E-state index contributed by atoms with van der Waals surface area (Å²) in [6.07, 6.45) is 0. The van der Waals surface area contributed by atoms with Crippen LogP contribution in [0.2, 0.25) is 0 Å². The third-order valence-corrected chi connectivity index (χ3v) is 5.06. The van der Waals surface area contributed by atoms with Crippen LogP contribution in [0.1, 0.15) is 63.2 Å². The number of hydrogen-bond acceptors (Lipinski definition) is 5. The molecule has 7 nitrogen and oxygen atoms in total. The molecule has 0 aliphatic rings. The van der Waals surface area contributed by atoms with E-state index in [0.717, 1.165) is 0 Å². The van der Waals surface area contributed by atoms with E-state index in [2.05, 4.69) is 4.98 Å². The average Bonchev–Trinajstić information content (AvgIpc) is 3.03. The smallest absolute Gasteiger partial charge is 0.354 e. The van der Waals surface area contributed by atoms with Gasteiger partial charge in [0.2, 0.25) is 0 Å². The molecule has 1 N–H and O–H groups in total. The fourth-order valence-corrected chi connectivity index (χ4v) is 3.51. The van der Waals surface area contributed by atoms with Gasteiger partial charge in [-0.15, -0.1) is 0 Å². The monoisotopic (exact) mass is 414 g/mol. The van der Waals surface area contributed by atoms with E-state index >= 15 is 0 Å². The molecule has 0 saturated heterocycles. The molecule has 1 amide bonds. The summed E-state index contributed by atoms with van der Waals surface area (Å²) < 4.78 is 10.0. The van der Waals surface area contributed by atoms with E-state index in [-0.39, 0.29) is 23.3 Å². The molecule has 1 atom stereocenters. The van der Waals surface area contributed by atoms with Crippen LogP contribution in [0, 0.1) is 19.8 Å². The van der Waals surface area contributed by atoms with Crippen LogP contribution < -0.4 is 4.74 Å². The maximum atomic E-state index is 13.4. The number of H-pyrrole nitrogens is 1. The lowest BCUT2D eigenvalue weighted by atomic mass is 9.98. The Balaban J connectivity index is 2.43. The van der Waals surface area contributed by atoms with Gasteiger partial charge in [-0.05, 0) is 50.5 Å². The number of ketones is 1. The Hall–Kier alpha value is -3.09. The number of aromatic amines is 1. The number of rotatable bonds is 8. The van der Waals surface area contributed by atoms with Crippen LogP contribution in [-0.4, -0.2) is 54.3 Å². The normalized spacial score (nSPS) is 11.9. The minimum absolute atomic E-state index is 0.161. The fourth-order valence-electron chi connectivity index (χ4n) is 3.51. The first-order valence-corrected chi connectivity index (χ1v) is 9.89. The molecule has 0 fully saturated rings. The molecule has 162 valence electrons. The van der Waals surface area contributed by atoms with E-state index in [1.807, 2.05) is 13.8 Å². The predicted molar refractivity (Wildman–Crippen MR) is 114 cm³/mol. The Kier molecular flexibility index (Phi) is 7.43. The van der Waals surface area contributed by atoms with Gasteiger partial charge in [0, 0.05) is 23.4 Å². The van der Waals surface area contributed by atoms with Crippen molar-refractivity contribution in [1.82, 2.24) is 9.88 Å². The zero-order valence-corrected chi connectivity index (χ0v) is 18.7. The average molecular weight is 415 g/mol. The summed E-state index contributed by atoms with van der Waals surface area (Å²) in [5.74, 6) is -0.275. The van der Waals surface area contributed by atoms with E-state index in [4.69, 9.17) is 9.47 Å². The number of ether oxygens (including phenoxy) is 2. The largest absolute Gasteiger partial charge is 0.497 e. The maximum absolute atomic E-state index is 13.4. The van der Waals surface area contributed by atoms with Gasteiger partial charge in [-0.25, -0.2) is 4.79 Å². The van der Waals surface area contributed by atoms with E-state index in [0.29, 0.717) is 34.7 Å². The number of aryl methyl sites for hydroxylation is 1. The molecule has 0 aliphatic heterocycles. The number of esters is 1. The van der Waals surface area contributed by atoms with Crippen LogP contribution in [0.25, 0.3) is 0 Å². The molecule has 0 saturated carbocycles. The van der Waals surface area contributed by atoms with Gasteiger partial charge in [0.25, 0.3) is 5.91 Å². The first kappa shape index (κ1) is 23.2. The summed E-state index contributed by atoms with van der Waals surface area (Å²) in [5, 5.41) is 0. The Morgan fingerprint density at radius 3 is 2.33 bits per heavy atom. The van der Waals surface area contributed by atoms with Crippen molar-refractivity contribution in [2.75, 3.05) is 20.8 Å². The van der Waals surface area contributed by atoms with Crippen LogP contribution in [0.3, 0.4) is 0 Å². The number of hydrogen-bond donors (Lipinski definition) is 1. The SMILES string of the molecule is COC(=O)c1[nH]c(C)c(C(=O)[C@H](C)N(CC(C)C)C(=O)c2cccc(OC)c2)c1C. The topological polar surface area (TPSA) is 88.7 Å². The van der Waals surface area contributed by atoms with Gasteiger partial charge in [0.15, 0.2) is 5.78 Å². The Labute approximate surface area is 177 Å². The van der Waals surface area contributed by atoms with Crippen LogP contribution in [0.15, 0.2) is 24.3 Å². The molecule has 30 heavy (non-hydrogen) atoms. The number of nitrogens with zero attached hydrogens (tertiary/aromatic N) is 1. The highest BCUT2D eigenvalue weighted by Gasteiger charge is 2.32. The lowest BCUT2D eigenvalue weighted by Gasteiger charge is -2.30. The molecule has 1 heterocycles. The van der Waals surface area contributed by atoms with Gasteiger partial charge in [-0.3, -0.25) is 9.59 Å². The molecule has 1 aromatic carbocycles. The van der Waals surface area contributed by atoms with Crippen molar-refractivity contribution in [3.63, 3.8) is 0 Å². The summed E-state index contributed by atoms with van der Waals surface area (Å²) in [4.78, 5) is 43.2. The highest BCUT2D eigenvalue weighted by molar-refractivity contribution is 6.07. The number of carbonyl (C=O) groups excluding carboxylic acids is 3. The zero-order chi connectivity index (χ0) is 22.6. The van der Waals surface area contributed by atoms with Crippen molar-refractivity contribution in [2.24, 2.45) is 5.92 Å². The number of aromatic nitrogens is 1. The van der Waals surface area contributed by atoms with E-state index in [1.54, 1.807) is 49.9 Å². The Bertz CT molecular complexity index is 945. The van der Waals surface area contributed by atoms with Gasteiger partial charge >= 0.3 is 5.97 Å². The molecular formula is C23H30N2O5. The lowest BCUT2D eigenvalue weighted by molar-refractivity contribution is 0.0591. The second-order valence-corrected chi connectivity index (χ2v) is 7.74. The summed E-state index contributed by atoms with van der Waals surface area (Å²) in [5.41, 5.74) is 2.21. The lowest BCUT2D eigenvalue weighted by Crippen LogP contribution is -2.45. The molecule has 0 bridgehead atoms. The molecule has 0 aliphatic carbocycles. The van der Waals surface area contributed by atoms with Gasteiger partial charge in [-0.2, -0.15) is 0 Å². The third kappa shape index (κ3) is 4.72. The number of methoxy groups -OCH3 is 2. The number of nitrogens with one attached hydrogen (secondary N) is 1. The van der Waals surface area contributed by atoms with Crippen molar-refractivity contribution >= 4 is 17.7 Å². The van der Waals surface area contributed by atoms with Crippen LogP contribution in [0.4, 0.5) is 0 Å². The van der Waals surface area contributed by atoms with Crippen LogP contribution in [-0.2, 0) is 4.74 Å².